The number of aryl methyl sites for hydroxylation is 1. The van der Waals surface area contributed by atoms with Crippen molar-refractivity contribution >= 4 is 35.1 Å². The van der Waals surface area contributed by atoms with E-state index in [1.807, 2.05) is 28.8 Å². The van der Waals surface area contributed by atoms with E-state index >= 15 is 0 Å². The van der Waals surface area contributed by atoms with Gasteiger partial charge >= 0.3 is 0 Å². The van der Waals surface area contributed by atoms with E-state index in [-0.39, 0.29) is 5.91 Å². The van der Waals surface area contributed by atoms with Crippen molar-refractivity contribution in [1.82, 2.24) is 14.8 Å². The minimum absolute atomic E-state index is 0.156. The molecular weight excluding hydrogens is 364 g/mol. The molecule has 138 valence electrons. The summed E-state index contributed by atoms with van der Waals surface area (Å²) in [6.07, 6.45) is 5.60. The lowest BCUT2D eigenvalue weighted by molar-refractivity contribution is -0.116. The zero-order valence-corrected chi connectivity index (χ0v) is 16.7. The summed E-state index contributed by atoms with van der Waals surface area (Å²) in [4.78, 5) is 16.1. The maximum atomic E-state index is 13.0. The molecule has 1 aromatic carbocycles. The summed E-state index contributed by atoms with van der Waals surface area (Å²) in [5.74, 6) is 1.64. The summed E-state index contributed by atoms with van der Waals surface area (Å²) in [5.41, 5.74) is 1.05. The van der Waals surface area contributed by atoms with Crippen LogP contribution in [-0.4, -0.2) is 38.2 Å². The molecule has 0 fully saturated rings. The molecule has 0 aliphatic carbocycles. The lowest BCUT2D eigenvalue weighted by Gasteiger charge is -2.22. The second-order valence-electron chi connectivity index (χ2n) is 6.88. The highest BCUT2D eigenvalue weighted by molar-refractivity contribution is 8.00. The lowest BCUT2D eigenvalue weighted by atomic mass is 10.2. The molecule has 2 aliphatic rings. The number of para-hydroxylation sites is 1. The highest BCUT2D eigenvalue weighted by atomic mass is 32.2. The molecule has 4 rings (SSSR count). The van der Waals surface area contributed by atoms with Crippen molar-refractivity contribution in [2.24, 2.45) is 0 Å². The molecule has 1 unspecified atom stereocenters. The van der Waals surface area contributed by atoms with E-state index in [4.69, 9.17) is 0 Å². The van der Waals surface area contributed by atoms with Crippen LogP contribution in [0.25, 0.3) is 0 Å². The quantitative estimate of drug-likeness (QED) is 0.744. The molecule has 0 bridgehead atoms. The highest BCUT2D eigenvalue weighted by Gasteiger charge is 2.25. The van der Waals surface area contributed by atoms with Crippen molar-refractivity contribution in [2.45, 2.75) is 60.9 Å². The van der Waals surface area contributed by atoms with Crippen molar-refractivity contribution in [2.75, 3.05) is 17.2 Å². The number of carbonyl (C=O) groups is 1. The zero-order valence-electron chi connectivity index (χ0n) is 15.1. The van der Waals surface area contributed by atoms with Gasteiger partial charge in [0.1, 0.15) is 5.82 Å². The molecule has 0 N–H and O–H groups in total. The Balaban J connectivity index is 1.48. The van der Waals surface area contributed by atoms with Gasteiger partial charge in [-0.3, -0.25) is 4.79 Å². The van der Waals surface area contributed by atoms with Gasteiger partial charge in [0.25, 0.3) is 0 Å². The van der Waals surface area contributed by atoms with Crippen LogP contribution in [0.15, 0.2) is 34.3 Å². The van der Waals surface area contributed by atoms with Gasteiger partial charge in [0.05, 0.1) is 11.4 Å². The Kier molecular flexibility index (Phi) is 5.55. The maximum absolute atomic E-state index is 13.0. The Morgan fingerprint density at radius 2 is 2.12 bits per heavy atom. The number of rotatable bonds is 3. The van der Waals surface area contributed by atoms with Gasteiger partial charge in [-0.15, -0.1) is 22.0 Å². The van der Waals surface area contributed by atoms with E-state index in [1.165, 1.54) is 35.9 Å². The Hall–Kier alpha value is -1.47. The number of benzene rings is 1. The first-order valence-corrected chi connectivity index (χ1v) is 11.2. The topological polar surface area (TPSA) is 51.0 Å². The number of aromatic nitrogens is 3. The van der Waals surface area contributed by atoms with Crippen molar-refractivity contribution in [3.8, 4) is 0 Å². The molecule has 3 heterocycles. The van der Waals surface area contributed by atoms with Crippen molar-refractivity contribution in [3.05, 3.63) is 30.1 Å². The van der Waals surface area contributed by atoms with E-state index in [2.05, 4.69) is 33.8 Å². The number of carbonyl (C=O) groups excluding carboxylic acids is 1. The van der Waals surface area contributed by atoms with Gasteiger partial charge < -0.3 is 9.47 Å². The van der Waals surface area contributed by atoms with Crippen LogP contribution in [0, 0.1) is 0 Å². The largest absolute Gasteiger partial charge is 0.311 e. The summed E-state index contributed by atoms with van der Waals surface area (Å²) >= 11 is 3.39. The SMILES string of the molecule is CC1CCN(C(=O)CSc2nnc3n2CCCCC3)c2ccccc2S1. The number of thioether (sulfide) groups is 2. The molecule has 0 saturated heterocycles. The molecule has 0 saturated carbocycles. The van der Waals surface area contributed by atoms with E-state index in [0.29, 0.717) is 11.0 Å². The van der Waals surface area contributed by atoms with Crippen molar-refractivity contribution < 1.29 is 4.79 Å². The van der Waals surface area contributed by atoms with Crippen molar-refractivity contribution in [3.63, 3.8) is 0 Å². The Labute approximate surface area is 162 Å². The summed E-state index contributed by atoms with van der Waals surface area (Å²) in [6, 6.07) is 8.24. The van der Waals surface area contributed by atoms with Gasteiger partial charge in [-0.05, 0) is 31.4 Å². The number of amides is 1. The molecule has 1 amide bonds. The molecule has 26 heavy (non-hydrogen) atoms. The number of anilines is 1. The van der Waals surface area contributed by atoms with Gasteiger partial charge in [-0.25, -0.2) is 0 Å². The van der Waals surface area contributed by atoms with Crippen LogP contribution in [-0.2, 0) is 17.8 Å². The minimum atomic E-state index is 0.156. The summed E-state index contributed by atoms with van der Waals surface area (Å²) in [7, 11) is 0. The van der Waals surface area contributed by atoms with Gasteiger partial charge in [-0.2, -0.15) is 0 Å². The molecule has 7 heteroatoms. The molecular formula is C19H24N4OS2. The average Bonchev–Trinajstić information content (AvgIpc) is 2.81. The summed E-state index contributed by atoms with van der Waals surface area (Å²) in [5, 5.41) is 10.1. The smallest absolute Gasteiger partial charge is 0.237 e. The van der Waals surface area contributed by atoms with E-state index in [1.54, 1.807) is 0 Å². The fourth-order valence-corrected chi connectivity index (χ4v) is 5.49. The Bertz CT molecular complexity index is 792. The van der Waals surface area contributed by atoms with E-state index < -0.39 is 0 Å². The van der Waals surface area contributed by atoms with E-state index in [0.717, 1.165) is 42.6 Å². The number of hydrogen-bond donors (Lipinski definition) is 0. The molecule has 0 spiro atoms. The van der Waals surface area contributed by atoms with Crippen LogP contribution in [0.5, 0.6) is 0 Å². The third-order valence-corrected chi connectivity index (χ3v) is 7.13. The second kappa shape index (κ2) is 8.05. The van der Waals surface area contributed by atoms with Crippen LogP contribution in [0.3, 0.4) is 0 Å². The van der Waals surface area contributed by atoms with Crippen LogP contribution < -0.4 is 4.90 Å². The second-order valence-corrected chi connectivity index (χ2v) is 9.30. The summed E-state index contributed by atoms with van der Waals surface area (Å²) in [6.45, 7) is 3.98. The van der Waals surface area contributed by atoms with Crippen LogP contribution in [0.1, 0.15) is 38.4 Å². The van der Waals surface area contributed by atoms with Gasteiger partial charge in [0.15, 0.2) is 5.16 Å². The number of hydrogen-bond acceptors (Lipinski definition) is 5. The predicted molar refractivity (Wildman–Crippen MR) is 107 cm³/mol. The lowest BCUT2D eigenvalue weighted by Crippen LogP contribution is -2.33. The monoisotopic (exact) mass is 388 g/mol. The fourth-order valence-electron chi connectivity index (χ4n) is 3.52. The Morgan fingerprint density at radius 1 is 1.23 bits per heavy atom. The third-order valence-electron chi connectivity index (χ3n) is 4.94. The Morgan fingerprint density at radius 3 is 3.04 bits per heavy atom. The van der Waals surface area contributed by atoms with E-state index in [9.17, 15) is 4.79 Å². The molecule has 5 nitrogen and oxygen atoms in total. The highest BCUT2D eigenvalue weighted by Crippen LogP contribution is 2.37. The molecule has 2 aromatic rings. The number of fused-ring (bicyclic) bond motifs is 2. The third kappa shape index (κ3) is 3.78. The van der Waals surface area contributed by atoms with Gasteiger partial charge in [-0.1, -0.05) is 37.2 Å². The predicted octanol–water partition coefficient (Wildman–Crippen LogP) is 4.01. The van der Waals surface area contributed by atoms with Gasteiger partial charge in [0, 0.05) is 29.7 Å². The average molecular weight is 389 g/mol. The van der Waals surface area contributed by atoms with Crippen LogP contribution in [0.4, 0.5) is 5.69 Å². The zero-order chi connectivity index (χ0) is 17.9. The standard InChI is InChI=1S/C19H24N4OS2/c1-14-10-12-22(15-7-4-5-8-16(15)26-14)18(24)13-25-19-21-20-17-9-3-2-6-11-23(17)19/h4-5,7-8,14H,2-3,6,9-13H2,1H3. The normalized spacial score (nSPS) is 20.0. The molecule has 0 radical (unpaired) electrons. The van der Waals surface area contributed by atoms with Crippen LogP contribution in [0.2, 0.25) is 0 Å². The van der Waals surface area contributed by atoms with Gasteiger partial charge in [0.2, 0.25) is 5.91 Å². The van der Waals surface area contributed by atoms with Crippen LogP contribution >= 0.6 is 23.5 Å². The first kappa shape index (κ1) is 17.9. The molecule has 1 atom stereocenters. The van der Waals surface area contributed by atoms with Crippen molar-refractivity contribution in [1.29, 1.82) is 0 Å². The molecule has 1 aromatic heterocycles. The maximum Gasteiger partial charge on any atom is 0.237 e. The first-order chi connectivity index (χ1) is 12.7. The summed E-state index contributed by atoms with van der Waals surface area (Å²) < 4.78 is 2.21. The minimum Gasteiger partial charge on any atom is -0.311 e. The fraction of sp³-hybridized carbons (Fsp3) is 0.526. The first-order valence-electron chi connectivity index (χ1n) is 9.33. The number of nitrogens with zero attached hydrogens (tertiary/aromatic N) is 4. The molecule has 2 aliphatic heterocycles.